The van der Waals surface area contributed by atoms with Crippen LogP contribution in [0.1, 0.15) is 58.2 Å². The van der Waals surface area contributed by atoms with Gasteiger partial charge in [-0.05, 0) is 18.3 Å². The average Bonchev–Trinajstić information content (AvgIpc) is 2.82. The normalized spacial score (nSPS) is 18.3. The van der Waals surface area contributed by atoms with E-state index in [1.165, 1.54) is 23.5 Å². The zero-order valence-corrected chi connectivity index (χ0v) is 13.2. The predicted octanol–water partition coefficient (Wildman–Crippen LogP) is 3.76. The van der Waals surface area contributed by atoms with Crippen LogP contribution >= 0.6 is 11.3 Å². The van der Waals surface area contributed by atoms with E-state index in [4.69, 9.17) is 4.98 Å². The van der Waals surface area contributed by atoms with Crippen LogP contribution in [0.4, 0.5) is 0 Å². The Balaban J connectivity index is 1.95. The van der Waals surface area contributed by atoms with E-state index >= 15 is 0 Å². The summed E-state index contributed by atoms with van der Waals surface area (Å²) in [6, 6.07) is 0.587. The fraction of sp³-hybridized carbons (Fsp3) is 0.800. The number of rotatable bonds is 5. The summed E-state index contributed by atoms with van der Waals surface area (Å²) in [4.78, 5) is 4.82. The average molecular weight is 266 g/mol. The van der Waals surface area contributed by atoms with Crippen molar-refractivity contribution in [3.05, 3.63) is 16.1 Å². The Morgan fingerprint density at radius 1 is 1.39 bits per heavy atom. The quantitative estimate of drug-likeness (QED) is 0.877. The molecular formula is C15H26N2S. The molecule has 1 saturated carbocycles. The topological polar surface area (TPSA) is 24.9 Å². The van der Waals surface area contributed by atoms with Gasteiger partial charge in [0.25, 0.3) is 0 Å². The van der Waals surface area contributed by atoms with Gasteiger partial charge in [0.15, 0.2) is 0 Å². The molecule has 0 radical (unpaired) electrons. The fourth-order valence-electron chi connectivity index (χ4n) is 2.07. The van der Waals surface area contributed by atoms with E-state index in [1.54, 1.807) is 0 Å². The molecule has 0 saturated heterocycles. The van der Waals surface area contributed by atoms with E-state index in [9.17, 15) is 0 Å². The van der Waals surface area contributed by atoms with Gasteiger partial charge >= 0.3 is 0 Å². The second-order valence-electron chi connectivity index (χ2n) is 7.09. The molecule has 1 aromatic rings. The molecule has 1 heterocycles. The third-order valence-corrected chi connectivity index (χ3v) is 4.54. The molecule has 1 aliphatic rings. The van der Waals surface area contributed by atoms with Crippen molar-refractivity contribution >= 4 is 11.3 Å². The van der Waals surface area contributed by atoms with Gasteiger partial charge in [-0.3, -0.25) is 0 Å². The van der Waals surface area contributed by atoms with Gasteiger partial charge in [-0.25, -0.2) is 4.98 Å². The van der Waals surface area contributed by atoms with Crippen molar-refractivity contribution in [1.29, 1.82) is 0 Å². The molecule has 0 aliphatic heterocycles. The molecule has 0 spiro atoms. The molecule has 3 heteroatoms. The summed E-state index contributed by atoms with van der Waals surface area (Å²) in [5.74, 6) is 0. The van der Waals surface area contributed by atoms with Gasteiger partial charge in [-0.1, -0.05) is 34.6 Å². The summed E-state index contributed by atoms with van der Waals surface area (Å²) in [7, 11) is 0. The van der Waals surface area contributed by atoms with Crippen molar-refractivity contribution in [3.8, 4) is 0 Å². The van der Waals surface area contributed by atoms with E-state index < -0.39 is 0 Å². The first kappa shape index (κ1) is 14.0. The molecule has 0 aromatic carbocycles. The number of nitrogens with one attached hydrogen (secondary N) is 1. The van der Waals surface area contributed by atoms with Crippen LogP contribution in [0.3, 0.4) is 0 Å². The van der Waals surface area contributed by atoms with Crippen molar-refractivity contribution in [1.82, 2.24) is 10.3 Å². The zero-order valence-electron chi connectivity index (χ0n) is 12.3. The maximum absolute atomic E-state index is 4.82. The molecule has 0 unspecified atom stereocenters. The standard InChI is InChI=1S/C15H26N2S/c1-11(2)16-10-15(6-7-15)8-13-17-12(9-18-13)14(3,4)5/h9,11,16H,6-8,10H2,1-5H3. The largest absolute Gasteiger partial charge is 0.314 e. The lowest BCUT2D eigenvalue weighted by atomic mass is 9.93. The lowest BCUT2D eigenvalue weighted by Gasteiger charge is -2.17. The Bertz CT molecular complexity index is 397. The molecule has 0 amide bonds. The van der Waals surface area contributed by atoms with Crippen molar-refractivity contribution in [2.45, 2.75) is 65.3 Å². The van der Waals surface area contributed by atoms with Crippen molar-refractivity contribution in [2.75, 3.05) is 6.54 Å². The smallest absolute Gasteiger partial charge is 0.0934 e. The van der Waals surface area contributed by atoms with Crippen LogP contribution in [0.2, 0.25) is 0 Å². The molecule has 18 heavy (non-hydrogen) atoms. The minimum Gasteiger partial charge on any atom is -0.314 e. The SMILES string of the molecule is CC(C)NCC1(Cc2nc(C(C)(C)C)cs2)CC1. The van der Waals surface area contributed by atoms with Crippen LogP contribution in [0.25, 0.3) is 0 Å². The van der Waals surface area contributed by atoms with Gasteiger partial charge in [-0.15, -0.1) is 11.3 Å². The van der Waals surface area contributed by atoms with Crippen LogP contribution in [-0.4, -0.2) is 17.6 Å². The molecule has 0 bridgehead atoms. The number of nitrogens with zero attached hydrogens (tertiary/aromatic N) is 1. The van der Waals surface area contributed by atoms with Gasteiger partial charge in [-0.2, -0.15) is 0 Å². The highest BCUT2D eigenvalue weighted by Crippen LogP contribution is 2.48. The number of thiazole rings is 1. The maximum atomic E-state index is 4.82. The third-order valence-electron chi connectivity index (χ3n) is 3.69. The van der Waals surface area contributed by atoms with Crippen LogP contribution < -0.4 is 5.32 Å². The Morgan fingerprint density at radius 3 is 2.50 bits per heavy atom. The summed E-state index contributed by atoms with van der Waals surface area (Å²) in [5.41, 5.74) is 1.94. The number of hydrogen-bond donors (Lipinski definition) is 1. The van der Waals surface area contributed by atoms with Gasteiger partial charge in [0.05, 0.1) is 10.7 Å². The van der Waals surface area contributed by atoms with Crippen molar-refractivity contribution in [2.24, 2.45) is 5.41 Å². The summed E-state index contributed by atoms with van der Waals surface area (Å²) >= 11 is 1.84. The molecular weight excluding hydrogens is 240 g/mol. The lowest BCUT2D eigenvalue weighted by molar-refractivity contribution is 0.428. The highest BCUT2D eigenvalue weighted by molar-refractivity contribution is 7.09. The van der Waals surface area contributed by atoms with E-state index in [-0.39, 0.29) is 5.41 Å². The van der Waals surface area contributed by atoms with Crippen molar-refractivity contribution in [3.63, 3.8) is 0 Å². The highest BCUT2D eigenvalue weighted by atomic mass is 32.1. The molecule has 1 aromatic heterocycles. The van der Waals surface area contributed by atoms with Crippen LogP contribution in [-0.2, 0) is 11.8 Å². The summed E-state index contributed by atoms with van der Waals surface area (Å²) in [6.07, 6.45) is 3.88. The zero-order chi connectivity index (χ0) is 13.4. The Kier molecular flexibility index (Phi) is 3.84. The van der Waals surface area contributed by atoms with E-state index in [2.05, 4.69) is 45.3 Å². The minimum atomic E-state index is 0.182. The molecule has 0 atom stereocenters. The molecule has 1 fully saturated rings. The van der Waals surface area contributed by atoms with Crippen LogP contribution in [0, 0.1) is 5.41 Å². The monoisotopic (exact) mass is 266 g/mol. The molecule has 2 nitrogen and oxygen atoms in total. The maximum Gasteiger partial charge on any atom is 0.0934 e. The Labute approximate surface area is 115 Å². The van der Waals surface area contributed by atoms with E-state index in [0.717, 1.165) is 13.0 Å². The number of aromatic nitrogens is 1. The fourth-order valence-corrected chi connectivity index (χ4v) is 3.27. The summed E-state index contributed by atoms with van der Waals surface area (Å²) in [6.45, 7) is 12.3. The Morgan fingerprint density at radius 2 is 2.06 bits per heavy atom. The van der Waals surface area contributed by atoms with Crippen LogP contribution in [0.5, 0.6) is 0 Å². The second kappa shape index (κ2) is 4.93. The van der Waals surface area contributed by atoms with E-state index in [0.29, 0.717) is 11.5 Å². The number of hydrogen-bond acceptors (Lipinski definition) is 3. The minimum absolute atomic E-state index is 0.182. The molecule has 1 aliphatic carbocycles. The first-order valence-corrected chi connectivity index (χ1v) is 7.87. The Hall–Kier alpha value is -0.410. The van der Waals surface area contributed by atoms with E-state index in [1.807, 2.05) is 11.3 Å². The van der Waals surface area contributed by atoms with Gasteiger partial charge in [0.1, 0.15) is 0 Å². The predicted molar refractivity (Wildman–Crippen MR) is 79.3 cm³/mol. The van der Waals surface area contributed by atoms with Crippen LogP contribution in [0.15, 0.2) is 5.38 Å². The first-order chi connectivity index (χ1) is 8.31. The molecule has 102 valence electrons. The molecule has 1 N–H and O–H groups in total. The lowest BCUT2D eigenvalue weighted by Crippen LogP contribution is -2.31. The summed E-state index contributed by atoms with van der Waals surface area (Å²) < 4.78 is 0. The third kappa shape index (κ3) is 3.55. The van der Waals surface area contributed by atoms with Gasteiger partial charge in [0, 0.05) is 29.8 Å². The molecule has 2 rings (SSSR count). The van der Waals surface area contributed by atoms with Gasteiger partial charge in [0.2, 0.25) is 0 Å². The summed E-state index contributed by atoms with van der Waals surface area (Å²) in [5, 5.41) is 7.14. The van der Waals surface area contributed by atoms with Gasteiger partial charge < -0.3 is 5.32 Å². The first-order valence-electron chi connectivity index (χ1n) is 6.99. The second-order valence-corrected chi connectivity index (χ2v) is 8.03. The highest BCUT2D eigenvalue weighted by Gasteiger charge is 2.43. The van der Waals surface area contributed by atoms with Crippen molar-refractivity contribution < 1.29 is 0 Å².